The molecule has 3 heterocycles. The van der Waals surface area contributed by atoms with Crippen molar-refractivity contribution in [2.24, 2.45) is 0 Å². The van der Waals surface area contributed by atoms with Crippen molar-refractivity contribution in [3.8, 4) is 16.5 Å². The van der Waals surface area contributed by atoms with Gasteiger partial charge in [0.15, 0.2) is 0 Å². The molecule has 0 unspecified atom stereocenters. The van der Waals surface area contributed by atoms with Gasteiger partial charge < -0.3 is 14.5 Å². The van der Waals surface area contributed by atoms with Gasteiger partial charge in [0, 0.05) is 29.2 Å². The molecule has 3 rings (SSSR count). The number of amides is 1. The summed E-state index contributed by atoms with van der Waals surface area (Å²) in [5.41, 5.74) is 2.51. The number of ether oxygens (including phenoxy) is 1. The van der Waals surface area contributed by atoms with Crippen molar-refractivity contribution in [3.05, 3.63) is 53.6 Å². The van der Waals surface area contributed by atoms with E-state index in [1.807, 2.05) is 30.5 Å². The number of hydrogen-bond acceptors (Lipinski definition) is 6. The molecule has 0 aliphatic carbocycles. The Bertz CT molecular complexity index is 799. The Balaban J connectivity index is 1.57. The molecule has 0 aromatic carbocycles. The molecule has 1 N–H and O–H groups in total. The maximum Gasteiger partial charge on any atom is 0.226 e. The summed E-state index contributed by atoms with van der Waals surface area (Å²) in [6, 6.07) is 5.56. The fourth-order valence-corrected chi connectivity index (χ4v) is 2.96. The average Bonchev–Trinajstić information content (AvgIpc) is 3.25. The van der Waals surface area contributed by atoms with Crippen LogP contribution in [0.3, 0.4) is 0 Å². The SMILES string of the molecule is CCOc1ncccc1CNC(=O)Cc1csc(-c2ccoc2)n1. The number of rotatable bonds is 7. The van der Waals surface area contributed by atoms with Gasteiger partial charge >= 0.3 is 0 Å². The summed E-state index contributed by atoms with van der Waals surface area (Å²) in [5, 5.41) is 5.61. The summed E-state index contributed by atoms with van der Waals surface area (Å²) in [6.45, 7) is 2.81. The van der Waals surface area contributed by atoms with Crippen LogP contribution in [0.4, 0.5) is 0 Å². The van der Waals surface area contributed by atoms with Crippen LogP contribution < -0.4 is 10.1 Å². The molecule has 24 heavy (non-hydrogen) atoms. The van der Waals surface area contributed by atoms with E-state index in [2.05, 4.69) is 15.3 Å². The summed E-state index contributed by atoms with van der Waals surface area (Å²) in [5.74, 6) is 0.460. The highest BCUT2D eigenvalue weighted by molar-refractivity contribution is 7.13. The average molecular weight is 343 g/mol. The topological polar surface area (TPSA) is 77.2 Å². The van der Waals surface area contributed by atoms with Crippen LogP contribution in [0.2, 0.25) is 0 Å². The predicted molar refractivity (Wildman–Crippen MR) is 90.8 cm³/mol. The lowest BCUT2D eigenvalue weighted by atomic mass is 10.2. The number of carbonyl (C=O) groups excluding carboxylic acids is 1. The van der Waals surface area contributed by atoms with Gasteiger partial charge in [0.25, 0.3) is 0 Å². The molecule has 0 aliphatic heterocycles. The largest absolute Gasteiger partial charge is 0.478 e. The van der Waals surface area contributed by atoms with E-state index in [0.29, 0.717) is 19.0 Å². The van der Waals surface area contributed by atoms with Crippen LogP contribution in [0.15, 0.2) is 46.7 Å². The number of aromatic nitrogens is 2. The Morgan fingerprint density at radius 1 is 1.42 bits per heavy atom. The van der Waals surface area contributed by atoms with Crippen molar-refractivity contribution < 1.29 is 13.9 Å². The quantitative estimate of drug-likeness (QED) is 0.713. The first-order chi connectivity index (χ1) is 11.8. The van der Waals surface area contributed by atoms with Gasteiger partial charge in [-0.1, -0.05) is 6.07 Å². The first-order valence-corrected chi connectivity index (χ1v) is 8.44. The molecular formula is C17H17N3O3S. The van der Waals surface area contributed by atoms with E-state index in [4.69, 9.17) is 9.15 Å². The maximum atomic E-state index is 12.1. The van der Waals surface area contributed by atoms with Crippen molar-refractivity contribution in [1.82, 2.24) is 15.3 Å². The van der Waals surface area contributed by atoms with Crippen LogP contribution in [-0.2, 0) is 17.8 Å². The van der Waals surface area contributed by atoms with E-state index in [0.717, 1.165) is 21.8 Å². The molecule has 1 amide bonds. The fourth-order valence-electron chi connectivity index (χ4n) is 2.15. The molecule has 0 fully saturated rings. The second kappa shape index (κ2) is 7.74. The predicted octanol–water partition coefficient (Wildman–Crippen LogP) is 3.06. The Kier molecular flexibility index (Phi) is 5.22. The number of nitrogens with one attached hydrogen (secondary N) is 1. The van der Waals surface area contributed by atoms with Gasteiger partial charge in [-0.25, -0.2) is 9.97 Å². The summed E-state index contributed by atoms with van der Waals surface area (Å²) in [7, 11) is 0. The van der Waals surface area contributed by atoms with Gasteiger partial charge in [0.2, 0.25) is 11.8 Å². The molecule has 3 aromatic heterocycles. The third-order valence-corrected chi connectivity index (χ3v) is 4.21. The molecule has 0 radical (unpaired) electrons. The molecule has 0 saturated carbocycles. The molecule has 0 saturated heterocycles. The molecule has 0 spiro atoms. The molecule has 0 atom stereocenters. The second-order valence-corrected chi connectivity index (χ2v) is 5.87. The number of pyridine rings is 1. The van der Waals surface area contributed by atoms with Crippen LogP contribution in [0.1, 0.15) is 18.2 Å². The molecule has 124 valence electrons. The zero-order valence-corrected chi connectivity index (χ0v) is 14.0. The third kappa shape index (κ3) is 3.99. The monoisotopic (exact) mass is 343 g/mol. The van der Waals surface area contributed by atoms with Gasteiger partial charge in [0.05, 0.1) is 25.0 Å². The summed E-state index contributed by atoms with van der Waals surface area (Å²) >= 11 is 1.49. The Labute approximate surface area is 143 Å². The molecular weight excluding hydrogens is 326 g/mol. The summed E-state index contributed by atoms with van der Waals surface area (Å²) < 4.78 is 10.5. The standard InChI is InChI=1S/C17H17N3O3S/c1-2-23-16-12(4-3-6-18-16)9-19-15(21)8-14-11-24-17(20-14)13-5-7-22-10-13/h3-7,10-11H,2,8-9H2,1H3,(H,19,21). The Hall–Kier alpha value is -2.67. The van der Waals surface area contributed by atoms with Crippen molar-refractivity contribution in [2.75, 3.05) is 6.61 Å². The van der Waals surface area contributed by atoms with Crippen molar-refractivity contribution in [3.63, 3.8) is 0 Å². The first-order valence-electron chi connectivity index (χ1n) is 7.56. The van der Waals surface area contributed by atoms with Crippen molar-refractivity contribution in [2.45, 2.75) is 19.9 Å². The Morgan fingerprint density at radius 3 is 3.12 bits per heavy atom. The van der Waals surface area contributed by atoms with Crippen LogP contribution in [0.25, 0.3) is 10.6 Å². The number of carbonyl (C=O) groups is 1. The van der Waals surface area contributed by atoms with Crippen LogP contribution in [-0.4, -0.2) is 22.5 Å². The van der Waals surface area contributed by atoms with Gasteiger partial charge in [-0.2, -0.15) is 0 Å². The Morgan fingerprint density at radius 2 is 2.33 bits per heavy atom. The lowest BCUT2D eigenvalue weighted by molar-refractivity contribution is -0.120. The molecule has 7 heteroatoms. The lowest BCUT2D eigenvalue weighted by Gasteiger charge is -2.09. The van der Waals surface area contributed by atoms with E-state index in [1.165, 1.54) is 11.3 Å². The lowest BCUT2D eigenvalue weighted by Crippen LogP contribution is -2.25. The van der Waals surface area contributed by atoms with Gasteiger partial charge in [-0.05, 0) is 19.1 Å². The summed E-state index contributed by atoms with van der Waals surface area (Å²) in [6.07, 6.45) is 5.15. The van der Waals surface area contributed by atoms with E-state index >= 15 is 0 Å². The number of nitrogens with zero attached hydrogens (tertiary/aromatic N) is 2. The minimum atomic E-state index is -0.0923. The fraction of sp³-hybridized carbons (Fsp3) is 0.235. The van der Waals surface area contributed by atoms with Gasteiger partial charge in [-0.3, -0.25) is 4.79 Å². The van der Waals surface area contributed by atoms with E-state index in [9.17, 15) is 4.79 Å². The third-order valence-electron chi connectivity index (χ3n) is 3.27. The van der Waals surface area contributed by atoms with Gasteiger partial charge in [-0.15, -0.1) is 11.3 Å². The maximum absolute atomic E-state index is 12.1. The van der Waals surface area contributed by atoms with E-state index in [-0.39, 0.29) is 12.3 Å². The second-order valence-electron chi connectivity index (χ2n) is 5.01. The highest BCUT2D eigenvalue weighted by Gasteiger charge is 2.11. The highest BCUT2D eigenvalue weighted by atomic mass is 32.1. The molecule has 3 aromatic rings. The van der Waals surface area contributed by atoms with Crippen molar-refractivity contribution >= 4 is 17.2 Å². The zero-order valence-electron chi connectivity index (χ0n) is 13.2. The highest BCUT2D eigenvalue weighted by Crippen LogP contribution is 2.24. The van der Waals surface area contributed by atoms with Crippen molar-refractivity contribution in [1.29, 1.82) is 0 Å². The zero-order chi connectivity index (χ0) is 16.8. The minimum absolute atomic E-state index is 0.0923. The molecule has 6 nitrogen and oxygen atoms in total. The number of thiazole rings is 1. The van der Waals surface area contributed by atoms with Crippen LogP contribution in [0.5, 0.6) is 5.88 Å². The smallest absolute Gasteiger partial charge is 0.226 e. The molecule has 0 bridgehead atoms. The van der Waals surface area contributed by atoms with Crippen LogP contribution >= 0.6 is 11.3 Å². The number of furan rings is 1. The van der Waals surface area contributed by atoms with E-state index < -0.39 is 0 Å². The van der Waals surface area contributed by atoms with E-state index in [1.54, 1.807) is 18.7 Å². The normalized spacial score (nSPS) is 10.5. The summed E-state index contributed by atoms with van der Waals surface area (Å²) in [4.78, 5) is 20.7. The van der Waals surface area contributed by atoms with Gasteiger partial charge in [0.1, 0.15) is 11.3 Å². The minimum Gasteiger partial charge on any atom is -0.478 e. The number of hydrogen-bond donors (Lipinski definition) is 1. The van der Waals surface area contributed by atoms with Crippen LogP contribution in [0, 0.1) is 0 Å². The first kappa shape index (κ1) is 16.2. The molecule has 0 aliphatic rings.